The molecule has 0 aliphatic rings. The van der Waals surface area contributed by atoms with Gasteiger partial charge >= 0.3 is 5.97 Å². The van der Waals surface area contributed by atoms with Gasteiger partial charge in [0.25, 0.3) is 0 Å². The number of sulfonamides is 1. The molecule has 6 nitrogen and oxygen atoms in total. The number of aliphatic carboxylic acids is 1. The van der Waals surface area contributed by atoms with Crippen LogP contribution in [0.2, 0.25) is 0 Å². The van der Waals surface area contributed by atoms with Gasteiger partial charge in [-0.2, -0.15) is 0 Å². The predicted molar refractivity (Wildman–Crippen MR) is 81.8 cm³/mol. The zero-order chi connectivity index (χ0) is 16.5. The number of carbonyl (C=O) groups is 1. The summed E-state index contributed by atoms with van der Waals surface area (Å²) in [5, 5.41) is 12.4. The van der Waals surface area contributed by atoms with Crippen LogP contribution in [-0.2, 0) is 14.8 Å². The molecular formula is C14H22N2O4S. The molecule has 0 amide bonds. The highest BCUT2D eigenvalue weighted by Crippen LogP contribution is 2.35. The van der Waals surface area contributed by atoms with E-state index in [-0.39, 0.29) is 4.90 Å². The van der Waals surface area contributed by atoms with Crippen molar-refractivity contribution >= 4 is 21.7 Å². The number of carboxylic acid groups (broad SMARTS) is 1. The summed E-state index contributed by atoms with van der Waals surface area (Å²) in [6.07, 6.45) is 0. The first-order valence-corrected chi connectivity index (χ1v) is 7.98. The van der Waals surface area contributed by atoms with Crippen LogP contribution >= 0.6 is 0 Å². The topological polar surface area (TPSA) is 95.5 Å². The van der Waals surface area contributed by atoms with E-state index in [1.807, 2.05) is 0 Å². The standard InChI is InChI=1S/C14H22N2O4S/c1-13(2,12(17)18)14(3,4)16-10-8-6-7-9-11(10)21(19,20)15-5/h6-9,15-16H,1-5H3,(H,17,18). The van der Waals surface area contributed by atoms with E-state index in [0.717, 1.165) is 0 Å². The van der Waals surface area contributed by atoms with E-state index in [4.69, 9.17) is 0 Å². The van der Waals surface area contributed by atoms with Crippen LogP contribution in [0.1, 0.15) is 27.7 Å². The van der Waals surface area contributed by atoms with E-state index in [0.29, 0.717) is 5.69 Å². The molecule has 0 atom stereocenters. The Kier molecular flexibility index (Phi) is 4.70. The molecule has 21 heavy (non-hydrogen) atoms. The molecule has 7 heteroatoms. The van der Waals surface area contributed by atoms with Gasteiger partial charge in [0.1, 0.15) is 4.90 Å². The Morgan fingerprint density at radius 3 is 2.14 bits per heavy atom. The van der Waals surface area contributed by atoms with Gasteiger partial charge in [0.05, 0.1) is 11.1 Å². The number of benzene rings is 1. The van der Waals surface area contributed by atoms with Gasteiger partial charge in [-0.15, -0.1) is 0 Å². The van der Waals surface area contributed by atoms with Gasteiger partial charge in [-0.3, -0.25) is 4.79 Å². The van der Waals surface area contributed by atoms with Crippen molar-refractivity contribution in [1.82, 2.24) is 4.72 Å². The van der Waals surface area contributed by atoms with Crippen LogP contribution in [0, 0.1) is 5.41 Å². The van der Waals surface area contributed by atoms with E-state index in [1.165, 1.54) is 13.1 Å². The number of anilines is 1. The molecule has 118 valence electrons. The average Bonchev–Trinajstić information content (AvgIpc) is 2.38. The lowest BCUT2D eigenvalue weighted by molar-refractivity contribution is -0.149. The highest BCUT2D eigenvalue weighted by Gasteiger charge is 2.44. The summed E-state index contributed by atoms with van der Waals surface area (Å²) in [6, 6.07) is 6.40. The fraction of sp³-hybridized carbons (Fsp3) is 0.500. The van der Waals surface area contributed by atoms with E-state index >= 15 is 0 Å². The maximum absolute atomic E-state index is 12.0. The van der Waals surface area contributed by atoms with E-state index in [2.05, 4.69) is 10.0 Å². The number of nitrogens with one attached hydrogen (secondary N) is 2. The molecule has 0 saturated carbocycles. The third-order valence-electron chi connectivity index (χ3n) is 3.99. The smallest absolute Gasteiger partial charge is 0.311 e. The van der Waals surface area contributed by atoms with Gasteiger partial charge in [-0.1, -0.05) is 12.1 Å². The van der Waals surface area contributed by atoms with Crippen LogP contribution in [0.3, 0.4) is 0 Å². The summed E-state index contributed by atoms with van der Waals surface area (Å²) in [6.45, 7) is 6.64. The molecule has 0 spiro atoms. The molecule has 1 aromatic rings. The third kappa shape index (κ3) is 3.36. The quantitative estimate of drug-likeness (QED) is 0.745. The zero-order valence-electron chi connectivity index (χ0n) is 12.9. The SMILES string of the molecule is CNS(=O)(=O)c1ccccc1NC(C)(C)C(C)(C)C(=O)O. The second kappa shape index (κ2) is 5.65. The zero-order valence-corrected chi connectivity index (χ0v) is 13.7. The lowest BCUT2D eigenvalue weighted by Crippen LogP contribution is -2.50. The Balaban J connectivity index is 3.30. The molecule has 0 aromatic heterocycles. The molecule has 0 aliphatic carbocycles. The van der Waals surface area contributed by atoms with Crippen LogP contribution < -0.4 is 10.0 Å². The first-order valence-electron chi connectivity index (χ1n) is 6.50. The normalized spacial score (nSPS) is 13.0. The lowest BCUT2D eigenvalue weighted by Gasteiger charge is -2.40. The number of para-hydroxylation sites is 1. The van der Waals surface area contributed by atoms with Crippen molar-refractivity contribution in [3.8, 4) is 0 Å². The predicted octanol–water partition coefficient (Wildman–Crippen LogP) is 1.90. The van der Waals surface area contributed by atoms with Gasteiger partial charge in [0.2, 0.25) is 10.0 Å². The highest BCUT2D eigenvalue weighted by atomic mass is 32.2. The van der Waals surface area contributed by atoms with Crippen LogP contribution in [0.15, 0.2) is 29.2 Å². The van der Waals surface area contributed by atoms with Crippen molar-refractivity contribution in [3.05, 3.63) is 24.3 Å². The molecular weight excluding hydrogens is 292 g/mol. The van der Waals surface area contributed by atoms with E-state index < -0.39 is 26.9 Å². The maximum atomic E-state index is 12.0. The number of hydrogen-bond acceptors (Lipinski definition) is 4. The van der Waals surface area contributed by atoms with Crippen molar-refractivity contribution in [2.45, 2.75) is 38.1 Å². The Bertz CT molecular complexity index is 636. The van der Waals surface area contributed by atoms with Crippen molar-refractivity contribution in [2.75, 3.05) is 12.4 Å². The molecule has 0 aliphatic heterocycles. The fourth-order valence-corrected chi connectivity index (χ4v) is 2.56. The van der Waals surface area contributed by atoms with Crippen LogP contribution in [-0.4, -0.2) is 32.1 Å². The Labute approximate surface area is 125 Å². The second-order valence-corrected chi connectivity index (χ2v) is 7.74. The summed E-state index contributed by atoms with van der Waals surface area (Å²) in [4.78, 5) is 11.5. The second-order valence-electron chi connectivity index (χ2n) is 5.88. The van der Waals surface area contributed by atoms with E-state index in [9.17, 15) is 18.3 Å². The van der Waals surface area contributed by atoms with Gasteiger partial charge in [-0.05, 0) is 46.9 Å². The molecule has 1 aromatic carbocycles. The molecule has 3 N–H and O–H groups in total. The summed E-state index contributed by atoms with van der Waals surface area (Å²) in [5.74, 6) is -0.964. The van der Waals surface area contributed by atoms with Crippen LogP contribution in [0.5, 0.6) is 0 Å². The third-order valence-corrected chi connectivity index (χ3v) is 5.46. The van der Waals surface area contributed by atoms with Gasteiger partial charge in [0, 0.05) is 5.54 Å². The van der Waals surface area contributed by atoms with Crippen molar-refractivity contribution in [3.63, 3.8) is 0 Å². The molecule has 0 heterocycles. The van der Waals surface area contributed by atoms with Crippen LogP contribution in [0.4, 0.5) is 5.69 Å². The summed E-state index contributed by atoms with van der Waals surface area (Å²) < 4.78 is 26.3. The summed E-state index contributed by atoms with van der Waals surface area (Å²) in [7, 11) is -2.30. The Hall–Kier alpha value is -1.60. The first-order chi connectivity index (χ1) is 9.45. The van der Waals surface area contributed by atoms with Gasteiger partial charge < -0.3 is 10.4 Å². The number of carboxylic acids is 1. The van der Waals surface area contributed by atoms with Crippen molar-refractivity contribution < 1.29 is 18.3 Å². The Morgan fingerprint density at radius 2 is 1.67 bits per heavy atom. The van der Waals surface area contributed by atoms with E-state index in [1.54, 1.807) is 45.9 Å². The molecule has 0 saturated heterocycles. The lowest BCUT2D eigenvalue weighted by atomic mass is 9.74. The number of rotatable bonds is 6. The molecule has 0 fully saturated rings. The largest absolute Gasteiger partial charge is 0.481 e. The summed E-state index contributed by atoms with van der Waals surface area (Å²) in [5.41, 5.74) is -1.59. The van der Waals surface area contributed by atoms with Crippen molar-refractivity contribution in [2.24, 2.45) is 5.41 Å². The van der Waals surface area contributed by atoms with Gasteiger partial charge in [-0.25, -0.2) is 13.1 Å². The highest BCUT2D eigenvalue weighted by molar-refractivity contribution is 7.89. The van der Waals surface area contributed by atoms with Crippen molar-refractivity contribution in [1.29, 1.82) is 0 Å². The minimum Gasteiger partial charge on any atom is -0.481 e. The minimum atomic E-state index is -3.63. The fourth-order valence-electron chi connectivity index (χ4n) is 1.67. The first kappa shape index (κ1) is 17.5. The molecule has 0 bridgehead atoms. The number of hydrogen-bond donors (Lipinski definition) is 3. The van der Waals surface area contributed by atoms with Gasteiger partial charge in [0.15, 0.2) is 0 Å². The summed E-state index contributed by atoms with van der Waals surface area (Å²) >= 11 is 0. The monoisotopic (exact) mass is 314 g/mol. The van der Waals surface area contributed by atoms with Crippen LogP contribution in [0.25, 0.3) is 0 Å². The molecule has 0 radical (unpaired) electrons. The molecule has 1 rings (SSSR count). The minimum absolute atomic E-state index is 0.0850. The maximum Gasteiger partial charge on any atom is 0.311 e. The average molecular weight is 314 g/mol. The Morgan fingerprint density at radius 1 is 1.14 bits per heavy atom. The molecule has 0 unspecified atom stereocenters.